The maximum atomic E-state index is 12.4. The number of aryl methyl sites for hydroxylation is 1. The Labute approximate surface area is 160 Å². The van der Waals surface area contributed by atoms with Gasteiger partial charge in [-0.2, -0.15) is 0 Å². The van der Waals surface area contributed by atoms with Crippen molar-refractivity contribution in [3.8, 4) is 17.0 Å². The van der Waals surface area contributed by atoms with Crippen LogP contribution in [0, 0.1) is 0 Å². The number of hydrogen-bond donors (Lipinski definition) is 2. The molecule has 3 rings (SSSR count). The molecule has 0 radical (unpaired) electrons. The third-order valence-corrected chi connectivity index (χ3v) is 4.17. The zero-order valence-corrected chi connectivity index (χ0v) is 15.6. The number of amides is 1. The molecule has 0 unspecified atom stereocenters. The summed E-state index contributed by atoms with van der Waals surface area (Å²) >= 11 is 6.23. The van der Waals surface area contributed by atoms with E-state index in [-0.39, 0.29) is 17.5 Å². The van der Waals surface area contributed by atoms with Crippen LogP contribution in [-0.2, 0) is 6.42 Å². The second-order valence-corrected chi connectivity index (χ2v) is 6.11. The van der Waals surface area contributed by atoms with Gasteiger partial charge in [0.2, 0.25) is 0 Å². The molecule has 1 amide bonds. The van der Waals surface area contributed by atoms with Crippen molar-refractivity contribution in [2.45, 2.75) is 19.8 Å². The van der Waals surface area contributed by atoms with Crippen LogP contribution < -0.4 is 15.8 Å². The number of nitrogens with zero attached hydrogens (tertiary/aromatic N) is 3. The highest BCUT2D eigenvalue weighted by Crippen LogP contribution is 2.33. The summed E-state index contributed by atoms with van der Waals surface area (Å²) in [6, 6.07) is 5.14. The molecule has 3 N–H and O–H groups in total. The van der Waals surface area contributed by atoms with Gasteiger partial charge in [0.1, 0.15) is 22.8 Å². The van der Waals surface area contributed by atoms with E-state index in [1.807, 2.05) is 6.92 Å². The van der Waals surface area contributed by atoms with Crippen molar-refractivity contribution in [1.29, 1.82) is 0 Å². The predicted octanol–water partition coefficient (Wildman–Crippen LogP) is 3.58. The molecule has 8 nitrogen and oxygen atoms in total. The first kappa shape index (κ1) is 18.7. The van der Waals surface area contributed by atoms with Gasteiger partial charge in [-0.25, -0.2) is 9.97 Å². The van der Waals surface area contributed by atoms with Crippen LogP contribution in [0.4, 0.5) is 11.6 Å². The third-order valence-electron chi connectivity index (χ3n) is 3.84. The molecule has 3 aromatic rings. The smallest absolute Gasteiger partial charge is 0.262 e. The van der Waals surface area contributed by atoms with E-state index in [2.05, 4.69) is 20.4 Å². The lowest BCUT2D eigenvalue weighted by atomic mass is 10.1. The fourth-order valence-corrected chi connectivity index (χ4v) is 2.73. The van der Waals surface area contributed by atoms with Crippen molar-refractivity contribution in [3.63, 3.8) is 0 Å². The molecular formula is C18H18ClN5O3. The zero-order chi connectivity index (χ0) is 19.4. The first-order valence-electron chi connectivity index (χ1n) is 8.24. The van der Waals surface area contributed by atoms with Crippen molar-refractivity contribution in [3.05, 3.63) is 46.9 Å². The van der Waals surface area contributed by atoms with Crippen LogP contribution in [0.25, 0.3) is 11.3 Å². The zero-order valence-electron chi connectivity index (χ0n) is 14.8. The Balaban J connectivity index is 1.85. The number of carbonyl (C=O) groups excluding carboxylic acids is 1. The molecule has 0 saturated carbocycles. The van der Waals surface area contributed by atoms with E-state index in [1.54, 1.807) is 25.3 Å². The predicted molar refractivity (Wildman–Crippen MR) is 102 cm³/mol. The van der Waals surface area contributed by atoms with Crippen molar-refractivity contribution in [2.75, 3.05) is 18.2 Å². The maximum absolute atomic E-state index is 12.4. The topological polar surface area (TPSA) is 116 Å². The number of nitrogens with two attached hydrogens (primary N) is 1. The first-order chi connectivity index (χ1) is 13.0. The molecule has 9 heteroatoms. The molecule has 0 aliphatic heterocycles. The quantitative estimate of drug-likeness (QED) is 0.663. The van der Waals surface area contributed by atoms with Gasteiger partial charge in [-0.3, -0.25) is 4.79 Å². The number of nitrogen functional groups attached to an aromatic ring is 1. The molecule has 0 bridgehead atoms. The van der Waals surface area contributed by atoms with Crippen LogP contribution in [-0.4, -0.2) is 28.1 Å². The Hall–Kier alpha value is -3.13. The molecule has 0 fully saturated rings. The lowest BCUT2D eigenvalue weighted by Gasteiger charge is -2.10. The number of hydrogen-bond acceptors (Lipinski definition) is 7. The van der Waals surface area contributed by atoms with Crippen LogP contribution >= 0.6 is 11.6 Å². The number of carbonyl (C=O) groups is 1. The van der Waals surface area contributed by atoms with Gasteiger partial charge in [0.05, 0.1) is 24.5 Å². The summed E-state index contributed by atoms with van der Waals surface area (Å²) < 4.78 is 10.3. The highest BCUT2D eigenvalue weighted by Gasteiger charge is 2.18. The number of rotatable bonds is 6. The van der Waals surface area contributed by atoms with Gasteiger partial charge in [-0.05, 0) is 24.6 Å². The number of nitrogens with one attached hydrogen (secondary N) is 1. The van der Waals surface area contributed by atoms with E-state index in [4.69, 9.17) is 26.6 Å². The Morgan fingerprint density at radius 3 is 2.89 bits per heavy atom. The summed E-state index contributed by atoms with van der Waals surface area (Å²) in [6.45, 7) is 1.98. The monoisotopic (exact) mass is 387 g/mol. The summed E-state index contributed by atoms with van der Waals surface area (Å²) in [5.74, 6) is 1.09. The van der Waals surface area contributed by atoms with Gasteiger partial charge < -0.3 is 20.3 Å². The van der Waals surface area contributed by atoms with Gasteiger partial charge in [0, 0.05) is 12.0 Å². The normalized spacial score (nSPS) is 10.6. The van der Waals surface area contributed by atoms with Crippen molar-refractivity contribution in [2.24, 2.45) is 0 Å². The largest absolute Gasteiger partial charge is 0.497 e. The highest BCUT2D eigenvalue weighted by atomic mass is 35.5. The molecule has 2 heterocycles. The lowest BCUT2D eigenvalue weighted by molar-refractivity contribution is 0.102. The fourth-order valence-electron chi connectivity index (χ4n) is 2.52. The summed E-state index contributed by atoms with van der Waals surface area (Å²) in [6.07, 6.45) is 4.23. The minimum atomic E-state index is -0.388. The van der Waals surface area contributed by atoms with Gasteiger partial charge in [0.15, 0.2) is 11.6 Å². The van der Waals surface area contributed by atoms with Crippen LogP contribution in [0.3, 0.4) is 0 Å². The molecule has 0 saturated heterocycles. The summed E-state index contributed by atoms with van der Waals surface area (Å²) in [5, 5.41) is 6.79. The molecule has 0 spiro atoms. The van der Waals surface area contributed by atoms with Crippen molar-refractivity contribution < 1.29 is 14.1 Å². The van der Waals surface area contributed by atoms with E-state index >= 15 is 0 Å². The van der Waals surface area contributed by atoms with E-state index in [9.17, 15) is 4.79 Å². The van der Waals surface area contributed by atoms with Gasteiger partial charge in [0.25, 0.3) is 5.91 Å². The lowest BCUT2D eigenvalue weighted by Crippen LogP contribution is -2.15. The molecule has 0 aliphatic rings. The van der Waals surface area contributed by atoms with Crippen LogP contribution in [0.2, 0.25) is 5.02 Å². The number of anilines is 2. The van der Waals surface area contributed by atoms with E-state index in [0.717, 1.165) is 6.42 Å². The summed E-state index contributed by atoms with van der Waals surface area (Å²) in [5.41, 5.74) is 7.37. The second-order valence-electron chi connectivity index (χ2n) is 5.70. The maximum Gasteiger partial charge on any atom is 0.262 e. The summed E-state index contributed by atoms with van der Waals surface area (Å²) in [7, 11) is 1.55. The minimum Gasteiger partial charge on any atom is -0.497 e. The number of methoxy groups -OCH3 is 1. The second kappa shape index (κ2) is 8.05. The Morgan fingerprint density at radius 2 is 2.19 bits per heavy atom. The molecule has 140 valence electrons. The van der Waals surface area contributed by atoms with Crippen molar-refractivity contribution >= 4 is 29.1 Å². The number of ether oxygens (including phenoxy) is 1. The number of benzene rings is 1. The van der Waals surface area contributed by atoms with E-state index < -0.39 is 0 Å². The third kappa shape index (κ3) is 4.01. The standard InChI is InChI=1S/C18H18ClN5O3/c1-3-4-14-12(8-22-27-14)18(25)24-15-9-21-16(17(20)23-15)11-7-10(26-2)5-6-13(11)19/h5-9H,3-4H2,1-2H3,(H3,20,23,24,25). The average molecular weight is 388 g/mol. The average Bonchev–Trinajstić information content (AvgIpc) is 3.11. The van der Waals surface area contributed by atoms with Gasteiger partial charge in [-0.15, -0.1) is 0 Å². The van der Waals surface area contributed by atoms with Crippen LogP contribution in [0.5, 0.6) is 5.75 Å². The first-order valence-corrected chi connectivity index (χ1v) is 8.62. The Kier molecular flexibility index (Phi) is 5.56. The molecule has 27 heavy (non-hydrogen) atoms. The van der Waals surface area contributed by atoms with E-state index in [1.165, 1.54) is 12.4 Å². The SMILES string of the molecule is CCCc1oncc1C(=O)Nc1cnc(-c2cc(OC)ccc2Cl)c(N)n1. The van der Waals surface area contributed by atoms with E-state index in [0.29, 0.717) is 39.8 Å². The van der Waals surface area contributed by atoms with Crippen molar-refractivity contribution in [1.82, 2.24) is 15.1 Å². The summed E-state index contributed by atoms with van der Waals surface area (Å²) in [4.78, 5) is 20.9. The van der Waals surface area contributed by atoms with Gasteiger partial charge in [-0.1, -0.05) is 23.7 Å². The van der Waals surface area contributed by atoms with Crippen LogP contribution in [0.1, 0.15) is 29.5 Å². The molecular weight excluding hydrogens is 370 g/mol. The fraction of sp³-hybridized carbons (Fsp3) is 0.222. The highest BCUT2D eigenvalue weighted by molar-refractivity contribution is 6.33. The molecule has 0 aliphatic carbocycles. The Bertz CT molecular complexity index is 973. The Morgan fingerprint density at radius 1 is 1.37 bits per heavy atom. The number of aromatic nitrogens is 3. The van der Waals surface area contributed by atoms with Gasteiger partial charge >= 0.3 is 0 Å². The molecule has 0 atom stereocenters. The minimum absolute atomic E-state index is 0.127. The van der Waals surface area contributed by atoms with Crippen LogP contribution in [0.15, 0.2) is 35.1 Å². The molecule has 1 aromatic carbocycles. The number of halogens is 1. The molecule has 2 aromatic heterocycles.